The number of hydrogen-bond acceptors (Lipinski definition) is 5. The summed E-state index contributed by atoms with van der Waals surface area (Å²) in [5, 5.41) is 20.3. The van der Waals surface area contributed by atoms with Crippen molar-refractivity contribution < 1.29 is 19.6 Å². The van der Waals surface area contributed by atoms with Crippen LogP contribution in [-0.4, -0.2) is 22.3 Å². The standard InChI is InChI=1S/C18H11NO5/c20-17-11-16(18(21)24-17)14-8-6-12(7-9-14)4-5-13-2-1-3-15(10-13)19(22)23/h1-3,6-11,18,21H. The molecule has 0 saturated heterocycles. The first-order chi connectivity index (χ1) is 11.5. The van der Waals surface area contributed by atoms with E-state index in [0.29, 0.717) is 22.3 Å². The van der Waals surface area contributed by atoms with Crippen LogP contribution in [0.25, 0.3) is 5.57 Å². The molecule has 3 rings (SSSR count). The van der Waals surface area contributed by atoms with Gasteiger partial charge in [-0.1, -0.05) is 30.0 Å². The average Bonchev–Trinajstić information content (AvgIpc) is 2.92. The van der Waals surface area contributed by atoms with E-state index in [1.54, 1.807) is 36.4 Å². The van der Waals surface area contributed by atoms with Gasteiger partial charge in [-0.25, -0.2) is 4.79 Å². The molecule has 1 unspecified atom stereocenters. The largest absolute Gasteiger partial charge is 0.428 e. The molecule has 1 aliphatic rings. The van der Waals surface area contributed by atoms with Gasteiger partial charge in [0.25, 0.3) is 5.69 Å². The van der Waals surface area contributed by atoms with E-state index in [1.807, 2.05) is 0 Å². The van der Waals surface area contributed by atoms with Gasteiger partial charge in [0.1, 0.15) is 0 Å². The third-order valence-corrected chi connectivity index (χ3v) is 3.39. The van der Waals surface area contributed by atoms with Crippen LogP contribution in [0.1, 0.15) is 16.7 Å². The molecule has 0 radical (unpaired) electrons. The van der Waals surface area contributed by atoms with Crippen LogP contribution in [0.2, 0.25) is 0 Å². The fraction of sp³-hybridized carbons (Fsp3) is 0.0556. The van der Waals surface area contributed by atoms with Gasteiger partial charge in [-0.05, 0) is 23.8 Å². The first-order valence-corrected chi connectivity index (χ1v) is 7.00. The molecule has 1 heterocycles. The van der Waals surface area contributed by atoms with Crippen LogP contribution in [0.3, 0.4) is 0 Å². The first kappa shape index (κ1) is 15.5. The summed E-state index contributed by atoms with van der Waals surface area (Å²) >= 11 is 0. The number of ether oxygens (including phenoxy) is 1. The van der Waals surface area contributed by atoms with Crippen LogP contribution in [0.5, 0.6) is 0 Å². The number of esters is 1. The molecule has 2 aromatic carbocycles. The van der Waals surface area contributed by atoms with Gasteiger partial charge in [0, 0.05) is 34.9 Å². The van der Waals surface area contributed by atoms with Gasteiger partial charge in [-0.3, -0.25) is 10.1 Å². The van der Waals surface area contributed by atoms with E-state index < -0.39 is 17.2 Å². The summed E-state index contributed by atoms with van der Waals surface area (Å²) < 4.78 is 4.64. The number of cyclic esters (lactones) is 1. The summed E-state index contributed by atoms with van der Waals surface area (Å²) in [6.45, 7) is 0. The lowest BCUT2D eigenvalue weighted by atomic mass is 10.0. The highest BCUT2D eigenvalue weighted by Crippen LogP contribution is 2.24. The molecule has 0 spiro atoms. The Morgan fingerprint density at radius 1 is 1.08 bits per heavy atom. The lowest BCUT2D eigenvalue weighted by molar-refractivity contribution is -0.384. The number of nitro groups is 1. The number of non-ortho nitro benzene ring substituents is 1. The van der Waals surface area contributed by atoms with E-state index in [2.05, 4.69) is 16.6 Å². The van der Waals surface area contributed by atoms with E-state index in [0.717, 1.165) is 0 Å². The quantitative estimate of drug-likeness (QED) is 0.396. The van der Waals surface area contributed by atoms with Crippen molar-refractivity contribution in [2.45, 2.75) is 6.29 Å². The predicted octanol–water partition coefficient (Wildman–Crippen LogP) is 2.25. The van der Waals surface area contributed by atoms with E-state index in [9.17, 15) is 20.0 Å². The molecule has 0 amide bonds. The zero-order valence-corrected chi connectivity index (χ0v) is 12.3. The van der Waals surface area contributed by atoms with Gasteiger partial charge in [0.05, 0.1) is 4.92 Å². The molecule has 0 saturated carbocycles. The second-order valence-corrected chi connectivity index (χ2v) is 5.02. The van der Waals surface area contributed by atoms with Crippen molar-refractivity contribution in [3.8, 4) is 11.8 Å². The second kappa shape index (κ2) is 6.36. The highest BCUT2D eigenvalue weighted by molar-refractivity contribution is 5.96. The highest BCUT2D eigenvalue weighted by atomic mass is 16.6. The molecule has 24 heavy (non-hydrogen) atoms. The first-order valence-electron chi connectivity index (χ1n) is 7.00. The molecule has 0 fully saturated rings. The Bertz CT molecular complexity index is 903. The molecular formula is C18H11NO5. The molecule has 1 aliphatic heterocycles. The smallest absolute Gasteiger partial charge is 0.333 e. The highest BCUT2D eigenvalue weighted by Gasteiger charge is 2.24. The minimum absolute atomic E-state index is 0.0102. The van der Waals surface area contributed by atoms with Crippen molar-refractivity contribution in [2.75, 3.05) is 0 Å². The van der Waals surface area contributed by atoms with Gasteiger partial charge in [-0.2, -0.15) is 0 Å². The van der Waals surface area contributed by atoms with Crippen molar-refractivity contribution in [2.24, 2.45) is 0 Å². The molecule has 1 N–H and O–H groups in total. The number of aliphatic hydroxyl groups is 1. The molecule has 0 bridgehead atoms. The number of carbonyl (C=O) groups excluding carboxylic acids is 1. The van der Waals surface area contributed by atoms with E-state index in [4.69, 9.17) is 0 Å². The molecule has 1 atom stereocenters. The second-order valence-electron chi connectivity index (χ2n) is 5.02. The van der Waals surface area contributed by atoms with Gasteiger partial charge in [0.15, 0.2) is 0 Å². The zero-order chi connectivity index (χ0) is 17.1. The topological polar surface area (TPSA) is 89.7 Å². The summed E-state index contributed by atoms with van der Waals surface area (Å²) in [6, 6.07) is 13.0. The zero-order valence-electron chi connectivity index (χ0n) is 12.3. The molecule has 6 heteroatoms. The van der Waals surface area contributed by atoms with Crippen LogP contribution in [0.4, 0.5) is 5.69 Å². The Morgan fingerprint density at radius 2 is 1.79 bits per heavy atom. The van der Waals surface area contributed by atoms with Crippen molar-refractivity contribution in [1.82, 2.24) is 0 Å². The third kappa shape index (κ3) is 3.32. The van der Waals surface area contributed by atoms with Crippen LogP contribution in [0, 0.1) is 22.0 Å². The van der Waals surface area contributed by atoms with Gasteiger partial charge in [0.2, 0.25) is 6.29 Å². The normalized spacial score (nSPS) is 16.0. The van der Waals surface area contributed by atoms with Gasteiger partial charge in [-0.15, -0.1) is 0 Å². The number of nitro benzene ring substituents is 1. The molecule has 2 aromatic rings. The minimum Gasteiger partial charge on any atom is -0.428 e. The molecule has 0 aromatic heterocycles. The fourth-order valence-electron chi connectivity index (χ4n) is 2.22. The fourth-order valence-corrected chi connectivity index (χ4v) is 2.22. The SMILES string of the molecule is O=C1C=C(c2ccc(C#Cc3cccc([N+](=O)[O-])c3)cc2)C(O)O1. The van der Waals surface area contributed by atoms with E-state index in [-0.39, 0.29) is 5.69 Å². The maximum Gasteiger partial charge on any atom is 0.333 e. The van der Waals surface area contributed by atoms with Crippen LogP contribution >= 0.6 is 0 Å². The predicted molar refractivity (Wildman–Crippen MR) is 85.6 cm³/mol. The average molecular weight is 321 g/mol. The molecule has 118 valence electrons. The van der Waals surface area contributed by atoms with Crippen molar-refractivity contribution in [3.63, 3.8) is 0 Å². The Morgan fingerprint density at radius 3 is 2.42 bits per heavy atom. The summed E-state index contributed by atoms with van der Waals surface area (Å²) in [7, 11) is 0. The number of benzene rings is 2. The lowest BCUT2D eigenvalue weighted by Gasteiger charge is -2.07. The Labute approximate surface area is 137 Å². The van der Waals surface area contributed by atoms with E-state index >= 15 is 0 Å². The van der Waals surface area contributed by atoms with Crippen molar-refractivity contribution in [3.05, 3.63) is 81.4 Å². The van der Waals surface area contributed by atoms with E-state index in [1.165, 1.54) is 18.2 Å². The number of aliphatic hydroxyl groups excluding tert-OH is 1. The molecule has 6 nitrogen and oxygen atoms in total. The molecular weight excluding hydrogens is 310 g/mol. The number of carbonyl (C=O) groups is 1. The lowest BCUT2D eigenvalue weighted by Crippen LogP contribution is -2.09. The summed E-state index contributed by atoms with van der Waals surface area (Å²) in [5.41, 5.74) is 2.29. The van der Waals surface area contributed by atoms with Crippen LogP contribution in [-0.2, 0) is 9.53 Å². The summed E-state index contributed by atoms with van der Waals surface area (Å²) in [5.74, 6) is 5.20. The summed E-state index contributed by atoms with van der Waals surface area (Å²) in [6.07, 6.45) is -0.00615. The maximum atomic E-state index is 11.1. The number of rotatable bonds is 2. The Balaban J connectivity index is 1.81. The van der Waals surface area contributed by atoms with Crippen molar-refractivity contribution in [1.29, 1.82) is 0 Å². The molecule has 0 aliphatic carbocycles. The number of hydrogen-bond donors (Lipinski definition) is 1. The van der Waals surface area contributed by atoms with Gasteiger partial charge < -0.3 is 9.84 Å². The maximum absolute atomic E-state index is 11.1. The Hall–Kier alpha value is -3.43. The third-order valence-electron chi connectivity index (χ3n) is 3.39. The number of nitrogens with zero attached hydrogens (tertiary/aromatic N) is 1. The minimum atomic E-state index is -1.25. The monoisotopic (exact) mass is 321 g/mol. The van der Waals surface area contributed by atoms with Crippen LogP contribution in [0.15, 0.2) is 54.6 Å². The van der Waals surface area contributed by atoms with Gasteiger partial charge >= 0.3 is 5.97 Å². The van der Waals surface area contributed by atoms with Crippen molar-refractivity contribution >= 4 is 17.2 Å². The Kier molecular flexibility index (Phi) is 4.10. The summed E-state index contributed by atoms with van der Waals surface area (Å²) in [4.78, 5) is 21.4. The van der Waals surface area contributed by atoms with Crippen LogP contribution < -0.4 is 0 Å².